The average Bonchev–Trinajstić information content (AvgIpc) is 3.15. The molecule has 1 aromatic carbocycles. The Balaban J connectivity index is 1.41. The Morgan fingerprint density at radius 3 is 2.76 bits per heavy atom. The minimum atomic E-state index is -2.51. The maximum Gasteiger partial charge on any atom is 0.229 e. The Kier molecular flexibility index (Phi) is 5.72. The molecule has 1 aliphatic carbocycles. The van der Waals surface area contributed by atoms with Crippen LogP contribution in [0.1, 0.15) is 35.4 Å². The largest absolute Gasteiger partial charge is 0.324 e. The zero-order chi connectivity index (χ0) is 25.9. The number of nitrogens with zero attached hydrogens (tertiary/aromatic N) is 6. The second-order valence-electron chi connectivity index (χ2n) is 10.1. The molecule has 0 spiro atoms. The lowest BCUT2D eigenvalue weighted by molar-refractivity contribution is 0.266. The second-order valence-corrected chi connectivity index (χ2v) is 12.7. The van der Waals surface area contributed by atoms with Gasteiger partial charge in [0.25, 0.3) is 0 Å². The van der Waals surface area contributed by atoms with E-state index in [-0.39, 0.29) is 28.6 Å². The molecule has 1 aliphatic heterocycles. The molecule has 1 N–H and O–H groups in total. The van der Waals surface area contributed by atoms with Gasteiger partial charge in [-0.25, -0.2) is 23.0 Å². The van der Waals surface area contributed by atoms with Crippen molar-refractivity contribution in [2.75, 3.05) is 31.4 Å². The number of fused-ring (bicyclic) bond motifs is 1. The van der Waals surface area contributed by atoms with Crippen LogP contribution < -0.4 is 5.32 Å². The van der Waals surface area contributed by atoms with E-state index in [0.29, 0.717) is 5.92 Å². The van der Waals surface area contributed by atoms with E-state index in [1.165, 1.54) is 64.9 Å². The number of rotatable bonds is 4. The normalized spacial score (nSPS) is 17.6. The Bertz CT molecular complexity index is 1670. The number of hydrogen-bond donors (Lipinski definition) is 1. The number of aryl methyl sites for hydroxylation is 1. The van der Waals surface area contributed by atoms with Crippen molar-refractivity contribution in [2.24, 2.45) is 4.36 Å². The van der Waals surface area contributed by atoms with Crippen LogP contribution in [0.15, 0.2) is 41.0 Å². The number of nitrogens with one attached hydrogen (secondary N) is 1. The summed E-state index contributed by atoms with van der Waals surface area (Å²) in [5.74, 6) is -0.545. The lowest BCUT2D eigenvalue weighted by atomic mass is 9.77. The van der Waals surface area contributed by atoms with Crippen LogP contribution in [0.2, 0.25) is 0 Å². The molecule has 6 rings (SSSR count). The standard InChI is InChI=1S/C26H27F2N7OS/c1-34-12-16-6-4-5-15-9-18(10-17(13-34)23(15)16)30-26-29-11-19-21(28)14-35(24(19)32-26)25-20(27)7-8-22(31-25)33-37(2,3)36/h7-11,14,16H,4-6,12-13H2,1-3H3,(H,29,30,32). The van der Waals surface area contributed by atoms with E-state index in [1.54, 1.807) is 0 Å². The van der Waals surface area contributed by atoms with Gasteiger partial charge in [-0.1, -0.05) is 0 Å². The molecule has 3 aromatic heterocycles. The number of halogens is 2. The van der Waals surface area contributed by atoms with Gasteiger partial charge in [-0.3, -0.25) is 4.57 Å². The summed E-state index contributed by atoms with van der Waals surface area (Å²) < 4.78 is 47.0. The topological polar surface area (TPSA) is 88.3 Å². The van der Waals surface area contributed by atoms with Crippen molar-refractivity contribution in [1.29, 1.82) is 0 Å². The van der Waals surface area contributed by atoms with E-state index >= 15 is 0 Å². The van der Waals surface area contributed by atoms with Crippen LogP contribution in [-0.2, 0) is 22.7 Å². The van der Waals surface area contributed by atoms with Crippen molar-refractivity contribution in [3.8, 4) is 5.82 Å². The summed E-state index contributed by atoms with van der Waals surface area (Å²) >= 11 is 0. The van der Waals surface area contributed by atoms with Crippen molar-refractivity contribution in [2.45, 2.75) is 31.7 Å². The molecule has 37 heavy (non-hydrogen) atoms. The van der Waals surface area contributed by atoms with Crippen LogP contribution in [-0.4, -0.2) is 54.7 Å². The lowest BCUT2D eigenvalue weighted by Gasteiger charge is -2.37. The number of pyridine rings is 1. The van der Waals surface area contributed by atoms with E-state index in [9.17, 15) is 13.0 Å². The van der Waals surface area contributed by atoms with Crippen molar-refractivity contribution < 1.29 is 13.0 Å². The summed E-state index contributed by atoms with van der Waals surface area (Å²) in [6.07, 6.45) is 8.83. The Hall–Kier alpha value is -3.44. The number of benzene rings is 1. The first-order valence-electron chi connectivity index (χ1n) is 12.1. The van der Waals surface area contributed by atoms with Gasteiger partial charge in [0.2, 0.25) is 5.95 Å². The van der Waals surface area contributed by atoms with Crippen LogP contribution in [0.4, 0.5) is 26.2 Å². The van der Waals surface area contributed by atoms with E-state index in [4.69, 9.17) is 0 Å². The highest BCUT2D eigenvalue weighted by atomic mass is 32.2. The molecule has 0 saturated carbocycles. The zero-order valence-electron chi connectivity index (χ0n) is 20.8. The van der Waals surface area contributed by atoms with Crippen molar-refractivity contribution >= 4 is 38.2 Å². The fourth-order valence-corrected chi connectivity index (χ4v) is 6.05. The van der Waals surface area contributed by atoms with Gasteiger partial charge in [-0.15, -0.1) is 0 Å². The molecule has 11 heteroatoms. The van der Waals surface area contributed by atoms with Gasteiger partial charge in [0.1, 0.15) is 0 Å². The van der Waals surface area contributed by atoms with Crippen LogP contribution in [0.3, 0.4) is 0 Å². The predicted octanol–water partition coefficient (Wildman–Crippen LogP) is 5.06. The molecule has 0 saturated heterocycles. The summed E-state index contributed by atoms with van der Waals surface area (Å²) in [6, 6.07) is 6.79. The van der Waals surface area contributed by atoms with Gasteiger partial charge in [0.15, 0.2) is 28.9 Å². The molecule has 0 fully saturated rings. The smallest absolute Gasteiger partial charge is 0.229 e. The summed E-state index contributed by atoms with van der Waals surface area (Å²) in [6.45, 7) is 1.97. The minimum Gasteiger partial charge on any atom is -0.324 e. The SMILES string of the molecule is CN1Cc2cc(Nc3ncc4c(F)cn(-c5nc(N=S(C)(C)=O)ccc5F)c4n3)cc3c2C(CCC3)C1. The lowest BCUT2D eigenvalue weighted by Crippen LogP contribution is -2.33. The maximum atomic E-state index is 14.8. The molecule has 0 bridgehead atoms. The van der Waals surface area contributed by atoms with Crippen LogP contribution in [0.5, 0.6) is 0 Å². The third kappa shape index (κ3) is 4.57. The number of anilines is 2. The fourth-order valence-electron chi connectivity index (χ4n) is 5.50. The first kappa shape index (κ1) is 23.9. The first-order valence-corrected chi connectivity index (χ1v) is 14.5. The Labute approximate surface area is 213 Å². The van der Waals surface area contributed by atoms with Gasteiger partial charge >= 0.3 is 0 Å². The molecule has 2 aliphatic rings. The van der Waals surface area contributed by atoms with Crippen LogP contribution in [0, 0.1) is 11.6 Å². The maximum absolute atomic E-state index is 14.8. The van der Waals surface area contributed by atoms with Gasteiger partial charge in [-0.2, -0.15) is 9.35 Å². The summed E-state index contributed by atoms with van der Waals surface area (Å²) in [7, 11) is -0.370. The zero-order valence-corrected chi connectivity index (χ0v) is 21.6. The number of hydrogen-bond acceptors (Lipinski definition) is 7. The van der Waals surface area contributed by atoms with Crippen molar-refractivity contribution in [3.63, 3.8) is 0 Å². The highest BCUT2D eigenvalue weighted by Crippen LogP contribution is 2.40. The molecular weight excluding hydrogens is 496 g/mol. The summed E-state index contributed by atoms with van der Waals surface area (Å²) in [5.41, 5.74) is 5.18. The fraction of sp³-hybridized carbons (Fsp3) is 0.346. The van der Waals surface area contributed by atoms with E-state index in [0.717, 1.165) is 31.4 Å². The Morgan fingerprint density at radius 2 is 1.95 bits per heavy atom. The van der Waals surface area contributed by atoms with Crippen molar-refractivity contribution in [1.82, 2.24) is 24.4 Å². The van der Waals surface area contributed by atoms with Crippen LogP contribution in [0.25, 0.3) is 16.9 Å². The molecule has 1 atom stereocenters. The van der Waals surface area contributed by atoms with E-state index in [2.05, 4.69) is 48.7 Å². The monoisotopic (exact) mass is 523 g/mol. The average molecular weight is 524 g/mol. The van der Waals surface area contributed by atoms with Crippen molar-refractivity contribution in [3.05, 3.63) is 65.0 Å². The molecule has 192 valence electrons. The third-order valence-electron chi connectivity index (χ3n) is 6.84. The van der Waals surface area contributed by atoms with Gasteiger partial charge in [0.05, 0.1) is 5.39 Å². The number of aromatic nitrogens is 4. The second kappa shape index (κ2) is 8.84. The molecule has 1 unspecified atom stereocenters. The minimum absolute atomic E-state index is 0.0902. The van der Waals surface area contributed by atoms with Crippen LogP contribution >= 0.6 is 0 Å². The molecule has 8 nitrogen and oxygen atoms in total. The highest BCUT2D eigenvalue weighted by molar-refractivity contribution is 7.92. The molecular formula is C26H27F2N7OS. The van der Waals surface area contributed by atoms with Gasteiger partial charge in [0, 0.05) is 53.4 Å². The van der Waals surface area contributed by atoms with E-state index in [1.807, 2.05) is 0 Å². The predicted molar refractivity (Wildman–Crippen MR) is 140 cm³/mol. The molecule has 0 radical (unpaired) electrons. The highest BCUT2D eigenvalue weighted by Gasteiger charge is 2.29. The van der Waals surface area contributed by atoms with Gasteiger partial charge in [-0.05, 0) is 73.2 Å². The number of likely N-dealkylation sites (N-methyl/N-ethyl adjacent to an activating group) is 1. The summed E-state index contributed by atoms with van der Waals surface area (Å²) in [4.78, 5) is 15.4. The van der Waals surface area contributed by atoms with Gasteiger partial charge < -0.3 is 10.2 Å². The first-order chi connectivity index (χ1) is 17.6. The molecule has 4 aromatic rings. The Morgan fingerprint density at radius 1 is 1.14 bits per heavy atom. The third-order valence-corrected chi connectivity index (χ3v) is 7.46. The molecule has 0 amide bonds. The summed E-state index contributed by atoms with van der Waals surface area (Å²) in [5, 5.41) is 3.41. The molecule has 4 heterocycles. The quantitative estimate of drug-likeness (QED) is 0.402. The van der Waals surface area contributed by atoms with E-state index < -0.39 is 21.4 Å².